The highest BCUT2D eigenvalue weighted by molar-refractivity contribution is 7.99. The zero-order valence-electron chi connectivity index (χ0n) is 18.7. The second-order valence-electron chi connectivity index (χ2n) is 11.1. The van der Waals surface area contributed by atoms with Gasteiger partial charge in [-0.05, 0) is 92.6 Å². The summed E-state index contributed by atoms with van der Waals surface area (Å²) in [4.78, 5) is 14.2. The Labute approximate surface area is 185 Å². The number of ketones is 1. The van der Waals surface area contributed by atoms with Gasteiger partial charge in [-0.3, -0.25) is 4.79 Å². The van der Waals surface area contributed by atoms with Gasteiger partial charge < -0.3 is 5.11 Å². The van der Waals surface area contributed by atoms with Crippen LogP contribution in [0.5, 0.6) is 0 Å². The third-order valence-corrected chi connectivity index (χ3v) is 11.0. The van der Waals surface area contributed by atoms with Gasteiger partial charge in [0, 0.05) is 22.6 Å². The Morgan fingerprint density at radius 3 is 2.47 bits per heavy atom. The van der Waals surface area contributed by atoms with Gasteiger partial charge in [-0.2, -0.15) is 0 Å². The fourth-order valence-corrected chi connectivity index (χ4v) is 8.90. The minimum Gasteiger partial charge on any atom is -0.390 e. The Kier molecular flexibility index (Phi) is 5.02. The van der Waals surface area contributed by atoms with E-state index in [9.17, 15) is 9.90 Å². The standard InChI is InChI=1S/C27H36O2S/c1-25-14-13-24(28)20(17-30-18-7-5-4-6-8-18)21(25)10-9-19-22(25)11-15-26(2)23(19)12-16-27(26,3)29/h4-8,19,22-23,29H,9-17H2,1-3H3/t19-,22+,23+,25-,26-,27-/m0/s1. The van der Waals surface area contributed by atoms with Crippen molar-refractivity contribution in [2.75, 3.05) is 5.75 Å². The van der Waals surface area contributed by atoms with E-state index in [2.05, 4.69) is 45.0 Å². The molecular weight excluding hydrogens is 388 g/mol. The van der Waals surface area contributed by atoms with Crippen LogP contribution in [-0.4, -0.2) is 22.2 Å². The number of carbonyl (C=O) groups excluding carboxylic acids is 1. The number of Topliss-reactive ketones (excluding diaryl/α,β-unsaturated/α-hetero) is 1. The number of fused-ring (bicyclic) bond motifs is 5. The first-order valence-electron chi connectivity index (χ1n) is 11.9. The summed E-state index contributed by atoms with van der Waals surface area (Å²) in [5, 5.41) is 11.1. The van der Waals surface area contributed by atoms with Gasteiger partial charge in [-0.1, -0.05) is 37.6 Å². The van der Waals surface area contributed by atoms with Gasteiger partial charge in [0.15, 0.2) is 5.78 Å². The van der Waals surface area contributed by atoms with Crippen molar-refractivity contribution < 1.29 is 9.90 Å². The molecule has 3 fully saturated rings. The van der Waals surface area contributed by atoms with Crippen molar-refractivity contribution in [1.82, 2.24) is 0 Å². The third kappa shape index (κ3) is 2.98. The molecule has 1 N–H and O–H groups in total. The smallest absolute Gasteiger partial charge is 0.159 e. The fraction of sp³-hybridized carbons (Fsp3) is 0.667. The number of carbonyl (C=O) groups is 1. The molecule has 5 rings (SSSR count). The SMILES string of the molecule is C[C@]12CCC(=O)C(CSc3ccccc3)=C1CC[C@H]1[C@H]2CC[C@@]2(C)[C@@H]1CC[C@]2(C)O. The Morgan fingerprint density at radius 2 is 1.70 bits per heavy atom. The zero-order valence-corrected chi connectivity index (χ0v) is 19.6. The molecule has 0 aromatic heterocycles. The van der Waals surface area contributed by atoms with Crippen LogP contribution in [0.2, 0.25) is 0 Å². The van der Waals surface area contributed by atoms with E-state index in [-0.39, 0.29) is 10.8 Å². The Hall–Kier alpha value is -1.06. The quantitative estimate of drug-likeness (QED) is 0.568. The number of thioether (sulfide) groups is 1. The van der Waals surface area contributed by atoms with Crippen LogP contribution < -0.4 is 0 Å². The molecule has 0 amide bonds. The van der Waals surface area contributed by atoms with E-state index >= 15 is 0 Å². The predicted octanol–water partition coefficient (Wildman–Crippen LogP) is 6.43. The van der Waals surface area contributed by atoms with Gasteiger partial charge in [0.1, 0.15) is 0 Å². The topological polar surface area (TPSA) is 37.3 Å². The van der Waals surface area contributed by atoms with Crippen molar-refractivity contribution >= 4 is 17.5 Å². The van der Waals surface area contributed by atoms with Crippen LogP contribution in [0.15, 0.2) is 46.4 Å². The Morgan fingerprint density at radius 1 is 0.967 bits per heavy atom. The molecule has 3 saturated carbocycles. The summed E-state index contributed by atoms with van der Waals surface area (Å²) < 4.78 is 0. The van der Waals surface area contributed by atoms with E-state index in [1.165, 1.54) is 29.7 Å². The highest BCUT2D eigenvalue weighted by atomic mass is 32.2. The second kappa shape index (κ2) is 7.24. The number of benzene rings is 1. The molecule has 4 aliphatic carbocycles. The van der Waals surface area contributed by atoms with Crippen LogP contribution in [0.25, 0.3) is 0 Å². The van der Waals surface area contributed by atoms with Crippen LogP contribution in [-0.2, 0) is 4.79 Å². The molecule has 2 nitrogen and oxygen atoms in total. The average molecular weight is 425 g/mol. The lowest BCUT2D eigenvalue weighted by Gasteiger charge is -2.59. The van der Waals surface area contributed by atoms with Gasteiger partial charge in [-0.25, -0.2) is 0 Å². The lowest BCUT2D eigenvalue weighted by molar-refractivity contribution is -0.125. The number of allylic oxidation sites excluding steroid dienone is 1. The van der Waals surface area contributed by atoms with Crippen molar-refractivity contribution in [3.63, 3.8) is 0 Å². The summed E-state index contributed by atoms with van der Waals surface area (Å²) in [5.74, 6) is 3.25. The predicted molar refractivity (Wildman–Crippen MR) is 123 cm³/mol. The highest BCUT2D eigenvalue weighted by Crippen LogP contribution is 2.67. The molecule has 30 heavy (non-hydrogen) atoms. The normalized spacial score (nSPS) is 43.2. The summed E-state index contributed by atoms with van der Waals surface area (Å²) in [7, 11) is 0. The van der Waals surface area contributed by atoms with E-state index in [4.69, 9.17) is 0 Å². The van der Waals surface area contributed by atoms with Crippen molar-refractivity contribution in [1.29, 1.82) is 0 Å². The molecule has 0 unspecified atom stereocenters. The van der Waals surface area contributed by atoms with Crippen molar-refractivity contribution in [2.24, 2.45) is 28.6 Å². The molecule has 1 aromatic carbocycles. The molecule has 0 bridgehead atoms. The van der Waals surface area contributed by atoms with E-state index in [1.807, 2.05) is 17.8 Å². The molecule has 1 aromatic rings. The van der Waals surface area contributed by atoms with Crippen LogP contribution in [0, 0.1) is 28.6 Å². The van der Waals surface area contributed by atoms with Gasteiger partial charge in [0.05, 0.1) is 5.60 Å². The molecule has 0 saturated heterocycles. The third-order valence-electron chi connectivity index (χ3n) is 9.93. The van der Waals surface area contributed by atoms with Crippen molar-refractivity contribution in [2.45, 2.75) is 82.6 Å². The maximum absolute atomic E-state index is 13.0. The summed E-state index contributed by atoms with van der Waals surface area (Å²) >= 11 is 1.82. The molecule has 0 radical (unpaired) electrons. The van der Waals surface area contributed by atoms with Crippen molar-refractivity contribution in [3.05, 3.63) is 41.5 Å². The van der Waals surface area contributed by atoms with Crippen LogP contribution in [0.3, 0.4) is 0 Å². The minimum absolute atomic E-state index is 0.0716. The maximum atomic E-state index is 13.0. The van der Waals surface area contributed by atoms with Crippen molar-refractivity contribution in [3.8, 4) is 0 Å². The van der Waals surface area contributed by atoms with Crippen LogP contribution in [0.4, 0.5) is 0 Å². The van der Waals surface area contributed by atoms with E-state index < -0.39 is 5.60 Å². The Balaban J connectivity index is 1.44. The summed E-state index contributed by atoms with van der Waals surface area (Å²) in [6, 6.07) is 10.5. The summed E-state index contributed by atoms with van der Waals surface area (Å²) in [6.45, 7) is 6.93. The second-order valence-corrected chi connectivity index (χ2v) is 12.1. The number of hydrogen-bond acceptors (Lipinski definition) is 3. The first-order valence-corrected chi connectivity index (χ1v) is 12.9. The largest absolute Gasteiger partial charge is 0.390 e. The maximum Gasteiger partial charge on any atom is 0.159 e. The van der Waals surface area contributed by atoms with Gasteiger partial charge >= 0.3 is 0 Å². The molecule has 4 aliphatic rings. The lowest BCUT2D eigenvalue weighted by atomic mass is 9.46. The first-order chi connectivity index (χ1) is 14.3. The molecule has 0 spiro atoms. The lowest BCUT2D eigenvalue weighted by Crippen LogP contribution is -2.54. The molecule has 6 atom stereocenters. The molecule has 0 aliphatic heterocycles. The van der Waals surface area contributed by atoms with Gasteiger partial charge in [0.2, 0.25) is 0 Å². The Bertz CT molecular complexity index is 872. The molecule has 162 valence electrons. The van der Waals surface area contributed by atoms with Gasteiger partial charge in [0.25, 0.3) is 0 Å². The summed E-state index contributed by atoms with van der Waals surface area (Å²) in [6.07, 6.45) is 8.51. The number of aliphatic hydroxyl groups is 1. The molecule has 0 heterocycles. The number of hydrogen-bond donors (Lipinski definition) is 1. The summed E-state index contributed by atoms with van der Waals surface area (Å²) in [5.41, 5.74) is 2.38. The molecule has 3 heteroatoms. The van der Waals surface area contributed by atoms with Gasteiger partial charge in [-0.15, -0.1) is 11.8 Å². The van der Waals surface area contributed by atoms with E-state index in [1.54, 1.807) is 0 Å². The average Bonchev–Trinajstić information content (AvgIpc) is 2.98. The van der Waals surface area contributed by atoms with Crippen LogP contribution in [0.1, 0.15) is 72.1 Å². The van der Waals surface area contributed by atoms with Crippen LogP contribution >= 0.6 is 11.8 Å². The monoisotopic (exact) mass is 424 g/mol. The molecular formula is C27H36O2S. The first kappa shape index (κ1) is 20.8. The van der Waals surface area contributed by atoms with E-state index in [0.717, 1.165) is 37.0 Å². The minimum atomic E-state index is -0.514. The van der Waals surface area contributed by atoms with E-state index in [0.29, 0.717) is 30.0 Å². The highest BCUT2D eigenvalue weighted by Gasteiger charge is 2.62. The fourth-order valence-electron chi connectivity index (χ4n) is 7.91. The zero-order chi connectivity index (χ0) is 21.1. The number of rotatable bonds is 3.